The Hall–Kier alpha value is -1.62. The van der Waals surface area contributed by atoms with E-state index in [1.54, 1.807) is 24.4 Å². The van der Waals surface area contributed by atoms with Gasteiger partial charge in [-0.25, -0.2) is 0 Å². The van der Waals surface area contributed by atoms with Gasteiger partial charge in [-0.1, -0.05) is 6.58 Å². The Labute approximate surface area is 59.4 Å². The first-order valence-electron chi connectivity index (χ1n) is 2.86. The molecule has 0 saturated carbocycles. The van der Waals surface area contributed by atoms with Crippen LogP contribution < -0.4 is 0 Å². The lowest BCUT2D eigenvalue weighted by molar-refractivity contribution is 1.27. The van der Waals surface area contributed by atoms with Gasteiger partial charge in [0, 0.05) is 6.20 Å². The van der Waals surface area contributed by atoms with Crippen LogP contribution in [0.2, 0.25) is 0 Å². The molecule has 0 aliphatic heterocycles. The highest BCUT2D eigenvalue weighted by molar-refractivity contribution is 5.51. The Morgan fingerprint density at radius 3 is 3.00 bits per heavy atom. The molecular weight excluding hydrogens is 124 g/mol. The van der Waals surface area contributed by atoms with Crippen LogP contribution in [-0.2, 0) is 0 Å². The maximum atomic E-state index is 8.51. The van der Waals surface area contributed by atoms with Crippen LogP contribution in [0.4, 0.5) is 0 Å². The summed E-state index contributed by atoms with van der Waals surface area (Å²) >= 11 is 0. The van der Waals surface area contributed by atoms with Crippen LogP contribution in [0.5, 0.6) is 0 Å². The second kappa shape index (κ2) is 2.79. The van der Waals surface area contributed by atoms with E-state index >= 15 is 0 Å². The molecule has 0 unspecified atom stereocenters. The third-order valence-corrected chi connectivity index (χ3v) is 1.15. The van der Waals surface area contributed by atoms with Crippen molar-refractivity contribution in [2.45, 2.75) is 0 Å². The molecule has 0 radical (unpaired) electrons. The lowest BCUT2D eigenvalue weighted by Crippen LogP contribution is -1.83. The molecule has 1 aromatic heterocycles. The number of hydrogen-bond acceptors (Lipinski definition) is 2. The normalized spacial score (nSPS) is 8.30. The van der Waals surface area contributed by atoms with E-state index in [2.05, 4.69) is 11.6 Å². The zero-order valence-corrected chi connectivity index (χ0v) is 5.41. The Morgan fingerprint density at radius 1 is 1.70 bits per heavy atom. The summed E-state index contributed by atoms with van der Waals surface area (Å²) < 4.78 is 0. The van der Waals surface area contributed by atoms with Crippen LogP contribution in [0.15, 0.2) is 24.9 Å². The van der Waals surface area contributed by atoms with E-state index in [1.165, 1.54) is 0 Å². The van der Waals surface area contributed by atoms with Gasteiger partial charge in [-0.3, -0.25) is 4.98 Å². The minimum absolute atomic E-state index is 0.567. The molecule has 0 N–H and O–H groups in total. The van der Waals surface area contributed by atoms with Gasteiger partial charge in [0.25, 0.3) is 0 Å². The zero-order chi connectivity index (χ0) is 7.40. The topological polar surface area (TPSA) is 36.7 Å². The highest BCUT2D eigenvalue weighted by Crippen LogP contribution is 2.03. The molecule has 48 valence electrons. The standard InChI is InChI=1S/C8H6N2/c1-2-8-7(6-9)4-3-5-10-8/h2-5H,1H2. The van der Waals surface area contributed by atoms with E-state index in [1.807, 2.05) is 6.07 Å². The van der Waals surface area contributed by atoms with Crippen LogP contribution in [0.1, 0.15) is 11.3 Å². The molecule has 2 nitrogen and oxygen atoms in total. The van der Waals surface area contributed by atoms with Gasteiger partial charge >= 0.3 is 0 Å². The Balaban J connectivity index is 3.24. The van der Waals surface area contributed by atoms with Crippen molar-refractivity contribution < 1.29 is 0 Å². The average Bonchev–Trinajstić information content (AvgIpc) is 2.04. The van der Waals surface area contributed by atoms with Gasteiger partial charge in [0.05, 0.1) is 11.3 Å². The van der Waals surface area contributed by atoms with Crippen molar-refractivity contribution in [2.24, 2.45) is 0 Å². The molecule has 1 aromatic rings. The number of pyridine rings is 1. The number of aromatic nitrogens is 1. The van der Waals surface area contributed by atoms with Crippen LogP contribution in [-0.4, -0.2) is 4.98 Å². The highest BCUT2D eigenvalue weighted by Gasteiger charge is 1.94. The summed E-state index contributed by atoms with van der Waals surface area (Å²) in [6, 6.07) is 5.45. The smallest absolute Gasteiger partial charge is 0.101 e. The molecule has 0 saturated heterocycles. The number of rotatable bonds is 1. The van der Waals surface area contributed by atoms with E-state index in [0.717, 1.165) is 0 Å². The van der Waals surface area contributed by atoms with Crippen molar-refractivity contribution in [3.63, 3.8) is 0 Å². The minimum atomic E-state index is 0.567. The van der Waals surface area contributed by atoms with Crippen molar-refractivity contribution in [3.05, 3.63) is 36.2 Å². The average molecular weight is 130 g/mol. The molecule has 0 spiro atoms. The Morgan fingerprint density at radius 2 is 2.50 bits per heavy atom. The van der Waals surface area contributed by atoms with E-state index in [0.29, 0.717) is 11.3 Å². The molecular formula is C8H6N2. The first kappa shape index (κ1) is 6.50. The molecule has 0 aliphatic rings. The van der Waals surface area contributed by atoms with Crippen LogP contribution in [0.3, 0.4) is 0 Å². The Kier molecular flexibility index (Phi) is 1.81. The first-order valence-corrected chi connectivity index (χ1v) is 2.86. The van der Waals surface area contributed by atoms with E-state index in [-0.39, 0.29) is 0 Å². The maximum absolute atomic E-state index is 8.51. The predicted octanol–water partition coefficient (Wildman–Crippen LogP) is 1.60. The maximum Gasteiger partial charge on any atom is 0.101 e. The van der Waals surface area contributed by atoms with Crippen LogP contribution in [0.25, 0.3) is 6.08 Å². The second-order valence-corrected chi connectivity index (χ2v) is 1.75. The molecule has 1 rings (SSSR count). The summed E-state index contributed by atoms with van der Waals surface area (Å²) in [5.41, 5.74) is 1.21. The number of nitriles is 1. The molecule has 0 fully saturated rings. The fraction of sp³-hybridized carbons (Fsp3) is 0. The van der Waals surface area contributed by atoms with Gasteiger partial charge in [-0.15, -0.1) is 0 Å². The van der Waals surface area contributed by atoms with E-state index in [4.69, 9.17) is 5.26 Å². The quantitative estimate of drug-likeness (QED) is 0.578. The van der Waals surface area contributed by atoms with Crippen molar-refractivity contribution in [1.82, 2.24) is 4.98 Å². The summed E-state index contributed by atoms with van der Waals surface area (Å²) in [4.78, 5) is 3.93. The molecule has 0 aliphatic carbocycles. The lowest BCUT2D eigenvalue weighted by atomic mass is 10.2. The number of hydrogen-bond donors (Lipinski definition) is 0. The summed E-state index contributed by atoms with van der Waals surface area (Å²) in [5, 5.41) is 8.51. The lowest BCUT2D eigenvalue weighted by Gasteiger charge is -1.91. The minimum Gasteiger partial charge on any atom is -0.256 e. The van der Waals surface area contributed by atoms with E-state index < -0.39 is 0 Å². The third-order valence-electron chi connectivity index (χ3n) is 1.15. The number of nitrogens with zero attached hydrogens (tertiary/aromatic N) is 2. The van der Waals surface area contributed by atoms with Crippen LogP contribution in [0, 0.1) is 11.3 Å². The van der Waals surface area contributed by atoms with Gasteiger partial charge in [-0.05, 0) is 18.2 Å². The molecule has 0 bridgehead atoms. The third kappa shape index (κ3) is 1.03. The second-order valence-electron chi connectivity index (χ2n) is 1.75. The molecule has 0 amide bonds. The molecule has 0 aromatic carbocycles. The largest absolute Gasteiger partial charge is 0.256 e. The fourth-order valence-electron chi connectivity index (χ4n) is 0.675. The molecule has 0 atom stereocenters. The van der Waals surface area contributed by atoms with Gasteiger partial charge in [-0.2, -0.15) is 5.26 Å². The monoisotopic (exact) mass is 130 g/mol. The highest BCUT2D eigenvalue weighted by atomic mass is 14.7. The summed E-state index contributed by atoms with van der Waals surface area (Å²) in [7, 11) is 0. The SMILES string of the molecule is C=Cc1ncccc1C#N. The fourth-order valence-corrected chi connectivity index (χ4v) is 0.675. The van der Waals surface area contributed by atoms with Crippen molar-refractivity contribution >= 4 is 6.08 Å². The summed E-state index contributed by atoms with van der Waals surface area (Å²) in [5.74, 6) is 0. The molecule has 10 heavy (non-hydrogen) atoms. The van der Waals surface area contributed by atoms with Gasteiger partial charge in [0.1, 0.15) is 6.07 Å². The molecule has 1 heterocycles. The molecule has 2 heteroatoms. The summed E-state index contributed by atoms with van der Waals surface area (Å²) in [6.07, 6.45) is 3.20. The zero-order valence-electron chi connectivity index (χ0n) is 5.41. The Bertz CT molecular complexity index is 284. The van der Waals surface area contributed by atoms with Crippen molar-refractivity contribution in [3.8, 4) is 6.07 Å². The van der Waals surface area contributed by atoms with Crippen molar-refractivity contribution in [2.75, 3.05) is 0 Å². The van der Waals surface area contributed by atoms with Gasteiger partial charge in [0.15, 0.2) is 0 Å². The summed E-state index contributed by atoms with van der Waals surface area (Å²) in [6.45, 7) is 3.53. The van der Waals surface area contributed by atoms with Crippen molar-refractivity contribution in [1.29, 1.82) is 5.26 Å². The van der Waals surface area contributed by atoms with Gasteiger partial charge in [0.2, 0.25) is 0 Å². The van der Waals surface area contributed by atoms with Gasteiger partial charge < -0.3 is 0 Å². The van der Waals surface area contributed by atoms with E-state index in [9.17, 15) is 0 Å². The predicted molar refractivity (Wildman–Crippen MR) is 39.0 cm³/mol. The van der Waals surface area contributed by atoms with Crippen LogP contribution >= 0.6 is 0 Å². The first-order chi connectivity index (χ1) is 4.88.